The number of fused-ring (bicyclic) bond motifs is 4. The summed E-state index contributed by atoms with van der Waals surface area (Å²) in [7, 11) is 0. The van der Waals surface area contributed by atoms with Crippen molar-refractivity contribution in [2.45, 2.75) is 0 Å². The molecule has 2 aromatic heterocycles. The number of halogens is 3. The summed E-state index contributed by atoms with van der Waals surface area (Å²) in [5.74, 6) is -4.43. The number of aromatic nitrogens is 2. The Kier molecular flexibility index (Phi) is 4.06. The minimum Gasteiger partial charge on any atom is -0.254 e. The monoisotopic (exact) mass is 410 g/mol. The van der Waals surface area contributed by atoms with Gasteiger partial charge in [-0.25, -0.2) is 13.2 Å². The van der Waals surface area contributed by atoms with Crippen molar-refractivity contribution in [3.05, 3.63) is 100 Å². The van der Waals surface area contributed by atoms with Gasteiger partial charge in [0.05, 0.1) is 23.5 Å². The second-order valence-electron chi connectivity index (χ2n) is 6.83. The number of hydrogen-bond donors (Lipinski definition) is 0. The van der Waals surface area contributed by atoms with Gasteiger partial charge in [0.15, 0.2) is 17.5 Å². The van der Waals surface area contributed by atoms with Crippen LogP contribution >= 0.6 is 0 Å². The van der Waals surface area contributed by atoms with Crippen molar-refractivity contribution in [3.63, 3.8) is 0 Å². The van der Waals surface area contributed by atoms with Crippen LogP contribution in [0.2, 0.25) is 0 Å². The minimum atomic E-state index is -1.64. The van der Waals surface area contributed by atoms with Crippen molar-refractivity contribution in [1.29, 1.82) is 10.5 Å². The number of hydrogen-bond acceptors (Lipinski definition) is 4. The fourth-order valence-corrected chi connectivity index (χ4v) is 4.17. The number of pyridine rings is 2. The molecule has 146 valence electrons. The van der Waals surface area contributed by atoms with Gasteiger partial charge in [-0.2, -0.15) is 10.5 Å². The molecule has 5 rings (SSSR count). The predicted molar refractivity (Wildman–Crippen MR) is 107 cm³/mol. The van der Waals surface area contributed by atoms with Crippen LogP contribution in [0.15, 0.2) is 60.5 Å². The normalized spacial score (nSPS) is 16.2. The summed E-state index contributed by atoms with van der Waals surface area (Å²) >= 11 is 0. The first-order chi connectivity index (χ1) is 15.1. The molecule has 31 heavy (non-hydrogen) atoms. The van der Waals surface area contributed by atoms with Gasteiger partial charge < -0.3 is 0 Å². The van der Waals surface area contributed by atoms with Gasteiger partial charge >= 0.3 is 0 Å². The van der Waals surface area contributed by atoms with Gasteiger partial charge in [-0.1, -0.05) is 12.1 Å². The highest BCUT2D eigenvalue weighted by atomic mass is 19.2. The first-order valence-corrected chi connectivity index (χ1v) is 9.12. The fraction of sp³-hybridized carbons (Fsp3) is 0. The van der Waals surface area contributed by atoms with Gasteiger partial charge in [-0.3, -0.25) is 9.97 Å². The standard InChI is InChI=1S/C24H9F3N4/c25-17-11-16-12(5-7-28)18(13(6-8-29)20(16)22(27)21(17)26)19-14-3-1-9-30-23(14)24-15(19)4-2-10-31-24/h1-6,9-11H/b12-5+,13-6-. The van der Waals surface area contributed by atoms with Gasteiger partial charge in [-0.15, -0.1) is 0 Å². The molecule has 0 radical (unpaired) electrons. The second-order valence-corrected chi connectivity index (χ2v) is 6.83. The molecule has 0 bridgehead atoms. The maximum atomic E-state index is 14.9. The number of nitriles is 2. The lowest BCUT2D eigenvalue weighted by atomic mass is 9.91. The molecule has 0 unspecified atom stereocenters. The highest BCUT2D eigenvalue weighted by molar-refractivity contribution is 6.18. The van der Waals surface area contributed by atoms with E-state index in [1.807, 2.05) is 12.1 Å². The summed E-state index contributed by atoms with van der Waals surface area (Å²) in [6.45, 7) is 0. The van der Waals surface area contributed by atoms with Gasteiger partial charge in [-0.05, 0) is 23.8 Å². The lowest BCUT2D eigenvalue weighted by Gasteiger charge is -2.11. The Morgan fingerprint density at radius 3 is 1.90 bits per heavy atom. The number of rotatable bonds is 0. The average molecular weight is 410 g/mol. The van der Waals surface area contributed by atoms with Crippen LogP contribution < -0.4 is 0 Å². The zero-order valence-electron chi connectivity index (χ0n) is 15.6. The quantitative estimate of drug-likeness (QED) is 0.295. The molecule has 7 heteroatoms. The van der Waals surface area contributed by atoms with Crippen LogP contribution in [0.5, 0.6) is 0 Å². The summed E-state index contributed by atoms with van der Waals surface area (Å²) in [6, 6.07) is 11.6. The Labute approximate surface area is 174 Å². The molecule has 2 aliphatic rings. The first kappa shape index (κ1) is 18.5. The topological polar surface area (TPSA) is 73.4 Å². The van der Waals surface area contributed by atoms with E-state index in [2.05, 4.69) is 9.97 Å². The molecular weight excluding hydrogens is 401 g/mol. The van der Waals surface area contributed by atoms with Crippen LogP contribution in [0.3, 0.4) is 0 Å². The molecule has 0 saturated heterocycles. The predicted octanol–water partition coefficient (Wildman–Crippen LogP) is 5.20. The molecule has 0 N–H and O–H groups in total. The summed E-state index contributed by atoms with van der Waals surface area (Å²) in [5.41, 5.74) is 3.38. The molecule has 2 aliphatic carbocycles. The molecule has 1 aromatic carbocycles. The second kappa shape index (κ2) is 6.79. The number of benzene rings is 1. The zero-order chi connectivity index (χ0) is 21.7. The van der Waals surface area contributed by atoms with E-state index in [1.165, 1.54) is 0 Å². The third kappa shape index (κ3) is 2.47. The van der Waals surface area contributed by atoms with E-state index in [9.17, 15) is 23.7 Å². The molecule has 2 heterocycles. The van der Waals surface area contributed by atoms with Gasteiger partial charge in [0.1, 0.15) is 0 Å². The Hall–Kier alpha value is -4.49. The molecule has 4 nitrogen and oxygen atoms in total. The van der Waals surface area contributed by atoms with Gasteiger partial charge in [0.25, 0.3) is 0 Å². The van der Waals surface area contributed by atoms with Crippen molar-refractivity contribution >= 4 is 16.7 Å². The summed E-state index contributed by atoms with van der Waals surface area (Å²) in [6.07, 6.45) is 5.43. The maximum Gasteiger partial charge on any atom is 0.195 e. The van der Waals surface area contributed by atoms with Gasteiger partial charge in [0.2, 0.25) is 0 Å². The van der Waals surface area contributed by atoms with Crippen molar-refractivity contribution in [3.8, 4) is 23.5 Å². The van der Waals surface area contributed by atoms with Crippen LogP contribution in [-0.4, -0.2) is 9.97 Å². The maximum absolute atomic E-state index is 14.9. The molecular formula is C24H9F3N4. The Morgan fingerprint density at radius 1 is 0.742 bits per heavy atom. The third-order valence-corrected chi connectivity index (χ3v) is 5.31. The molecule has 0 aliphatic heterocycles. The van der Waals surface area contributed by atoms with Crippen molar-refractivity contribution in [2.75, 3.05) is 0 Å². The lowest BCUT2D eigenvalue weighted by molar-refractivity contribution is 0.445. The Bertz CT molecular complexity index is 1440. The molecule has 0 atom stereocenters. The summed E-state index contributed by atoms with van der Waals surface area (Å²) in [4.78, 5) is 8.80. The third-order valence-electron chi connectivity index (χ3n) is 5.31. The molecule has 0 fully saturated rings. The highest BCUT2D eigenvalue weighted by Crippen LogP contribution is 2.54. The van der Waals surface area contributed by atoms with Crippen LogP contribution in [-0.2, 0) is 0 Å². The van der Waals surface area contributed by atoms with Gasteiger partial charge in [0, 0.05) is 63.5 Å². The van der Waals surface area contributed by atoms with Crippen molar-refractivity contribution in [1.82, 2.24) is 9.97 Å². The Balaban J connectivity index is 1.99. The van der Waals surface area contributed by atoms with Crippen LogP contribution in [0.4, 0.5) is 13.2 Å². The highest BCUT2D eigenvalue weighted by Gasteiger charge is 2.38. The van der Waals surface area contributed by atoms with E-state index in [4.69, 9.17) is 0 Å². The first-order valence-electron chi connectivity index (χ1n) is 9.12. The zero-order valence-corrected chi connectivity index (χ0v) is 15.6. The largest absolute Gasteiger partial charge is 0.254 e. The number of nitrogens with zero attached hydrogens (tertiary/aromatic N) is 4. The van der Waals surface area contributed by atoms with Crippen molar-refractivity contribution < 1.29 is 13.2 Å². The van der Waals surface area contributed by atoms with Crippen LogP contribution in [0.25, 0.3) is 28.1 Å². The molecule has 0 saturated carbocycles. The number of allylic oxidation sites excluding steroid dienone is 5. The SMILES string of the molecule is N#C/C=C1/C(=C2c3cccnc3-c3ncccc32)/C(=C/C#N)c2cc(F)c(F)c(F)c21. The average Bonchev–Trinajstić information content (AvgIpc) is 3.25. The molecule has 3 aromatic rings. The summed E-state index contributed by atoms with van der Waals surface area (Å²) in [5, 5.41) is 18.8. The van der Waals surface area contributed by atoms with E-state index in [0.29, 0.717) is 33.7 Å². The molecule has 0 amide bonds. The minimum absolute atomic E-state index is 0.00438. The summed E-state index contributed by atoms with van der Waals surface area (Å²) < 4.78 is 43.1. The van der Waals surface area contributed by atoms with E-state index in [-0.39, 0.29) is 22.3 Å². The van der Waals surface area contributed by atoms with Crippen LogP contribution in [0.1, 0.15) is 22.3 Å². The van der Waals surface area contributed by atoms with E-state index in [0.717, 1.165) is 18.2 Å². The van der Waals surface area contributed by atoms with E-state index >= 15 is 0 Å². The van der Waals surface area contributed by atoms with Crippen LogP contribution in [0, 0.1) is 40.1 Å². The smallest absolute Gasteiger partial charge is 0.195 e. The Morgan fingerprint density at radius 2 is 1.32 bits per heavy atom. The van der Waals surface area contributed by atoms with Crippen molar-refractivity contribution in [2.24, 2.45) is 0 Å². The fourth-order valence-electron chi connectivity index (χ4n) is 4.17. The molecule has 0 spiro atoms. The van der Waals surface area contributed by atoms with E-state index < -0.39 is 17.5 Å². The van der Waals surface area contributed by atoms with E-state index in [1.54, 1.807) is 36.7 Å². The lowest BCUT2D eigenvalue weighted by Crippen LogP contribution is -1.97.